The van der Waals surface area contributed by atoms with Crippen molar-refractivity contribution in [2.75, 3.05) is 36.0 Å². The van der Waals surface area contributed by atoms with E-state index in [-0.39, 0.29) is 5.82 Å². The molecule has 2 heterocycles. The van der Waals surface area contributed by atoms with Crippen LogP contribution < -0.4 is 9.80 Å². The molecule has 0 aliphatic carbocycles. The van der Waals surface area contributed by atoms with Gasteiger partial charge in [-0.15, -0.1) is 0 Å². The first-order chi connectivity index (χ1) is 14.3. The van der Waals surface area contributed by atoms with Gasteiger partial charge in [0, 0.05) is 42.8 Å². The van der Waals surface area contributed by atoms with E-state index in [9.17, 15) is 4.39 Å². The van der Waals surface area contributed by atoms with Gasteiger partial charge >= 0.3 is 0 Å². The number of rotatable bonds is 3. The topological polar surface area (TPSA) is 32.3 Å². The quantitative estimate of drug-likeness (QED) is 0.510. The highest BCUT2D eigenvalue weighted by atomic mass is 19.1. The minimum absolute atomic E-state index is 0.201. The van der Waals surface area contributed by atoms with Gasteiger partial charge in [-0.3, -0.25) is 0 Å². The molecule has 0 amide bonds. The highest BCUT2D eigenvalue weighted by Crippen LogP contribution is 2.29. The van der Waals surface area contributed by atoms with Gasteiger partial charge in [0.05, 0.1) is 5.52 Å². The standard InChI is InChI=1S/C24H21FN4/c25-19-10-12-20(13-11-19)28-14-16-29(17-15-28)24-21-8-4-5-9-22(21)26-23(27-24)18-6-2-1-3-7-18/h1-13H,14-17H2. The van der Waals surface area contributed by atoms with E-state index in [1.165, 1.54) is 12.1 Å². The summed E-state index contributed by atoms with van der Waals surface area (Å²) in [5.74, 6) is 1.53. The van der Waals surface area contributed by atoms with E-state index in [1.807, 2.05) is 60.7 Å². The third-order valence-electron chi connectivity index (χ3n) is 5.39. The molecule has 0 radical (unpaired) electrons. The highest BCUT2D eigenvalue weighted by molar-refractivity contribution is 5.91. The maximum atomic E-state index is 13.2. The number of anilines is 2. The first kappa shape index (κ1) is 17.6. The molecular formula is C24H21FN4. The fraction of sp³-hybridized carbons (Fsp3) is 0.167. The van der Waals surface area contributed by atoms with Gasteiger partial charge in [-0.1, -0.05) is 42.5 Å². The molecule has 1 aromatic heterocycles. The van der Waals surface area contributed by atoms with Crippen molar-refractivity contribution < 1.29 is 4.39 Å². The average molecular weight is 384 g/mol. The number of aromatic nitrogens is 2. The van der Waals surface area contributed by atoms with E-state index in [0.717, 1.165) is 60.0 Å². The van der Waals surface area contributed by atoms with Crippen LogP contribution in [0.2, 0.25) is 0 Å². The van der Waals surface area contributed by atoms with Crippen LogP contribution in [0.5, 0.6) is 0 Å². The monoisotopic (exact) mass is 384 g/mol. The summed E-state index contributed by atoms with van der Waals surface area (Å²) < 4.78 is 13.2. The second-order valence-electron chi connectivity index (χ2n) is 7.20. The number of hydrogen-bond donors (Lipinski definition) is 0. The van der Waals surface area contributed by atoms with Crippen LogP contribution in [0.25, 0.3) is 22.3 Å². The number of para-hydroxylation sites is 1. The molecule has 0 N–H and O–H groups in total. The van der Waals surface area contributed by atoms with Crippen molar-refractivity contribution in [1.82, 2.24) is 9.97 Å². The summed E-state index contributed by atoms with van der Waals surface area (Å²) in [6.07, 6.45) is 0. The number of piperazine rings is 1. The SMILES string of the molecule is Fc1ccc(N2CCN(c3nc(-c4ccccc4)nc4ccccc34)CC2)cc1. The molecule has 4 nitrogen and oxygen atoms in total. The lowest BCUT2D eigenvalue weighted by Crippen LogP contribution is -2.47. The van der Waals surface area contributed by atoms with Gasteiger partial charge in [0.15, 0.2) is 5.82 Å². The number of hydrogen-bond acceptors (Lipinski definition) is 4. The van der Waals surface area contributed by atoms with E-state index in [1.54, 1.807) is 0 Å². The average Bonchev–Trinajstić information content (AvgIpc) is 2.80. The zero-order valence-electron chi connectivity index (χ0n) is 16.0. The van der Waals surface area contributed by atoms with Gasteiger partial charge in [-0.05, 0) is 36.4 Å². The van der Waals surface area contributed by atoms with Crippen molar-refractivity contribution >= 4 is 22.4 Å². The van der Waals surface area contributed by atoms with Crippen LogP contribution in [-0.2, 0) is 0 Å². The van der Waals surface area contributed by atoms with Crippen molar-refractivity contribution in [2.24, 2.45) is 0 Å². The van der Waals surface area contributed by atoms with Gasteiger partial charge in [0.25, 0.3) is 0 Å². The Morgan fingerprint density at radius 3 is 2.07 bits per heavy atom. The zero-order valence-corrected chi connectivity index (χ0v) is 16.0. The van der Waals surface area contributed by atoms with E-state index in [4.69, 9.17) is 9.97 Å². The number of fused-ring (bicyclic) bond motifs is 1. The molecule has 1 aliphatic rings. The third-order valence-corrected chi connectivity index (χ3v) is 5.39. The lowest BCUT2D eigenvalue weighted by molar-refractivity contribution is 0.624. The lowest BCUT2D eigenvalue weighted by Gasteiger charge is -2.37. The summed E-state index contributed by atoms with van der Waals surface area (Å²) in [5, 5.41) is 1.07. The number of benzene rings is 3. The summed E-state index contributed by atoms with van der Waals surface area (Å²) in [5.41, 5.74) is 3.03. The van der Waals surface area contributed by atoms with E-state index >= 15 is 0 Å². The minimum Gasteiger partial charge on any atom is -0.368 e. The van der Waals surface area contributed by atoms with Crippen molar-refractivity contribution in [3.05, 3.63) is 84.7 Å². The van der Waals surface area contributed by atoms with Crippen molar-refractivity contribution in [2.45, 2.75) is 0 Å². The van der Waals surface area contributed by atoms with Crippen LogP contribution >= 0.6 is 0 Å². The van der Waals surface area contributed by atoms with Gasteiger partial charge in [0.1, 0.15) is 11.6 Å². The molecule has 5 rings (SSSR count). The summed E-state index contributed by atoms with van der Waals surface area (Å²) in [6.45, 7) is 3.44. The molecule has 29 heavy (non-hydrogen) atoms. The Morgan fingerprint density at radius 1 is 0.655 bits per heavy atom. The molecule has 0 spiro atoms. The van der Waals surface area contributed by atoms with Crippen LogP contribution in [0.4, 0.5) is 15.9 Å². The summed E-state index contributed by atoms with van der Waals surface area (Å²) in [6, 6.07) is 25.0. The smallest absolute Gasteiger partial charge is 0.162 e. The Balaban J connectivity index is 1.46. The zero-order chi connectivity index (χ0) is 19.6. The first-order valence-electron chi connectivity index (χ1n) is 9.85. The molecule has 0 saturated carbocycles. The molecule has 144 valence electrons. The highest BCUT2D eigenvalue weighted by Gasteiger charge is 2.21. The molecule has 0 atom stereocenters. The van der Waals surface area contributed by atoms with Gasteiger partial charge in [-0.25, -0.2) is 14.4 Å². The third kappa shape index (κ3) is 3.51. The van der Waals surface area contributed by atoms with Crippen LogP contribution in [-0.4, -0.2) is 36.1 Å². The molecule has 1 saturated heterocycles. The summed E-state index contributed by atoms with van der Waals surface area (Å²) >= 11 is 0. The van der Waals surface area contributed by atoms with Crippen molar-refractivity contribution in [1.29, 1.82) is 0 Å². The van der Waals surface area contributed by atoms with Crippen LogP contribution in [0.3, 0.4) is 0 Å². The molecule has 1 aliphatic heterocycles. The van der Waals surface area contributed by atoms with Gasteiger partial charge < -0.3 is 9.80 Å². The minimum atomic E-state index is -0.201. The largest absolute Gasteiger partial charge is 0.368 e. The normalized spacial score (nSPS) is 14.4. The summed E-state index contributed by atoms with van der Waals surface area (Å²) in [7, 11) is 0. The van der Waals surface area contributed by atoms with Crippen molar-refractivity contribution in [3.8, 4) is 11.4 Å². The molecule has 1 fully saturated rings. The molecule has 5 heteroatoms. The molecule has 3 aromatic carbocycles. The predicted octanol–water partition coefficient (Wildman–Crippen LogP) is 4.76. The Hall–Kier alpha value is -3.47. The van der Waals surface area contributed by atoms with Crippen LogP contribution in [0, 0.1) is 5.82 Å². The Morgan fingerprint density at radius 2 is 1.31 bits per heavy atom. The fourth-order valence-corrected chi connectivity index (χ4v) is 3.85. The molecule has 0 bridgehead atoms. The molecular weight excluding hydrogens is 363 g/mol. The number of halogens is 1. The predicted molar refractivity (Wildman–Crippen MR) is 116 cm³/mol. The van der Waals surface area contributed by atoms with Crippen LogP contribution in [0.1, 0.15) is 0 Å². The second-order valence-corrected chi connectivity index (χ2v) is 7.20. The van der Waals surface area contributed by atoms with E-state index in [2.05, 4.69) is 15.9 Å². The number of nitrogens with zero attached hydrogens (tertiary/aromatic N) is 4. The Bertz CT molecular complexity index is 1120. The molecule has 0 unspecified atom stereocenters. The van der Waals surface area contributed by atoms with Crippen LogP contribution in [0.15, 0.2) is 78.9 Å². The van der Waals surface area contributed by atoms with E-state index < -0.39 is 0 Å². The van der Waals surface area contributed by atoms with Gasteiger partial charge in [-0.2, -0.15) is 0 Å². The second kappa shape index (κ2) is 7.51. The van der Waals surface area contributed by atoms with Crippen molar-refractivity contribution in [3.63, 3.8) is 0 Å². The maximum Gasteiger partial charge on any atom is 0.162 e. The Labute approximate surface area is 169 Å². The van der Waals surface area contributed by atoms with E-state index in [0.29, 0.717) is 0 Å². The fourth-order valence-electron chi connectivity index (χ4n) is 3.85. The summed E-state index contributed by atoms with van der Waals surface area (Å²) in [4.78, 5) is 14.4. The lowest BCUT2D eigenvalue weighted by atomic mass is 10.1. The Kier molecular flexibility index (Phi) is 4.56. The molecule has 4 aromatic rings. The first-order valence-corrected chi connectivity index (χ1v) is 9.85. The van der Waals surface area contributed by atoms with Gasteiger partial charge in [0.2, 0.25) is 0 Å². The maximum absolute atomic E-state index is 13.2.